The van der Waals surface area contributed by atoms with Crippen LogP contribution in [-0.4, -0.2) is 82.2 Å². The number of aromatic nitrogens is 1. The second-order valence-electron chi connectivity index (χ2n) is 14.4. The van der Waals surface area contributed by atoms with Crippen LogP contribution in [0.2, 0.25) is 15.1 Å². The first-order valence-corrected chi connectivity index (χ1v) is 18.8. The van der Waals surface area contributed by atoms with Gasteiger partial charge in [-0.05, 0) is 85.5 Å². The van der Waals surface area contributed by atoms with Crippen molar-refractivity contribution in [3.8, 4) is 5.75 Å². The Bertz CT molecular complexity index is 1780. The van der Waals surface area contributed by atoms with Crippen LogP contribution in [0.3, 0.4) is 0 Å². The van der Waals surface area contributed by atoms with E-state index in [4.69, 9.17) is 44.5 Å². The van der Waals surface area contributed by atoms with Gasteiger partial charge in [0.2, 0.25) is 11.8 Å². The molecule has 0 unspecified atom stereocenters. The number of amides is 3. The Labute approximate surface area is 313 Å². The smallest absolute Gasteiger partial charge is 0.407 e. The molecule has 270 valence electrons. The second kappa shape index (κ2) is 15.1. The molecule has 3 aromatic rings. The van der Waals surface area contributed by atoms with Gasteiger partial charge in [-0.25, -0.2) is 9.78 Å². The van der Waals surface area contributed by atoms with Gasteiger partial charge in [0.25, 0.3) is 0 Å². The lowest BCUT2D eigenvalue weighted by Gasteiger charge is -2.39. The van der Waals surface area contributed by atoms with Crippen molar-refractivity contribution in [3.63, 3.8) is 0 Å². The number of carbonyl (C=O) groups excluding carboxylic acids is 2. The molecule has 10 nitrogen and oxygen atoms in total. The Morgan fingerprint density at radius 3 is 2.37 bits per heavy atom. The van der Waals surface area contributed by atoms with Crippen LogP contribution in [0, 0.1) is 12.8 Å². The monoisotopic (exact) mass is 753 g/mol. The molecule has 2 aromatic carbocycles. The number of rotatable bonds is 11. The zero-order valence-electron chi connectivity index (χ0n) is 28.5. The van der Waals surface area contributed by atoms with Gasteiger partial charge in [-0.3, -0.25) is 9.59 Å². The number of carbonyl (C=O) groups is 3. The van der Waals surface area contributed by atoms with Crippen LogP contribution in [-0.2, 0) is 22.6 Å². The highest BCUT2D eigenvalue weighted by Gasteiger charge is 2.43. The van der Waals surface area contributed by atoms with Crippen molar-refractivity contribution in [2.45, 2.75) is 82.5 Å². The first-order valence-electron chi connectivity index (χ1n) is 17.7. The van der Waals surface area contributed by atoms with Gasteiger partial charge >= 0.3 is 6.09 Å². The molecule has 0 radical (unpaired) electrons. The lowest BCUT2D eigenvalue weighted by atomic mass is 9.80. The highest BCUT2D eigenvalue weighted by Crippen LogP contribution is 2.40. The van der Waals surface area contributed by atoms with Gasteiger partial charge in [0.1, 0.15) is 11.9 Å². The first-order chi connectivity index (χ1) is 24.5. The lowest BCUT2D eigenvalue weighted by molar-refractivity contribution is -0.139. The van der Waals surface area contributed by atoms with Gasteiger partial charge < -0.3 is 29.9 Å². The van der Waals surface area contributed by atoms with Crippen molar-refractivity contribution >= 4 is 58.5 Å². The fourth-order valence-corrected chi connectivity index (χ4v) is 8.16. The van der Waals surface area contributed by atoms with Crippen LogP contribution in [0.1, 0.15) is 66.7 Å². The van der Waals surface area contributed by atoms with E-state index in [1.807, 2.05) is 54.4 Å². The molecule has 2 aliphatic carbocycles. The van der Waals surface area contributed by atoms with Gasteiger partial charge in [0, 0.05) is 61.8 Å². The van der Waals surface area contributed by atoms with Gasteiger partial charge in [0.05, 0.1) is 28.9 Å². The van der Waals surface area contributed by atoms with Crippen LogP contribution in [0.4, 0.5) is 10.6 Å². The number of nitrogens with zero attached hydrogens (tertiary/aromatic N) is 4. The summed E-state index contributed by atoms with van der Waals surface area (Å²) in [5.41, 5.74) is 3.49. The van der Waals surface area contributed by atoms with Gasteiger partial charge in [-0.1, -0.05) is 53.0 Å². The molecule has 0 bridgehead atoms. The van der Waals surface area contributed by atoms with E-state index >= 15 is 0 Å². The number of hydrogen-bond acceptors (Lipinski definition) is 6. The van der Waals surface area contributed by atoms with Crippen molar-refractivity contribution in [1.29, 1.82) is 0 Å². The molecule has 1 aromatic heterocycles. The van der Waals surface area contributed by atoms with Crippen molar-refractivity contribution in [2.24, 2.45) is 5.92 Å². The van der Waals surface area contributed by atoms with Crippen LogP contribution in [0.25, 0.3) is 0 Å². The van der Waals surface area contributed by atoms with E-state index in [2.05, 4.69) is 10.2 Å². The zero-order valence-corrected chi connectivity index (χ0v) is 30.8. The van der Waals surface area contributed by atoms with E-state index in [0.29, 0.717) is 46.9 Å². The molecule has 0 spiro atoms. The van der Waals surface area contributed by atoms with E-state index in [-0.39, 0.29) is 48.9 Å². The number of nitrogens with one attached hydrogen (secondary N) is 1. The van der Waals surface area contributed by atoms with Crippen molar-refractivity contribution in [3.05, 3.63) is 86.0 Å². The molecular weight excluding hydrogens is 713 g/mol. The Hall–Kier alpha value is -3.73. The number of anilines is 1. The summed E-state index contributed by atoms with van der Waals surface area (Å²) < 4.78 is 6.21. The molecule has 3 atom stereocenters. The fraction of sp³-hybridized carbons (Fsp3) is 0.474. The third-order valence-electron chi connectivity index (χ3n) is 10.3. The van der Waals surface area contributed by atoms with E-state index in [1.54, 1.807) is 6.07 Å². The number of aryl methyl sites for hydroxylation is 1. The number of ether oxygens (including phenoxy) is 1. The molecule has 2 saturated carbocycles. The maximum absolute atomic E-state index is 14.5. The lowest BCUT2D eigenvalue weighted by Crippen LogP contribution is -2.49. The van der Waals surface area contributed by atoms with Crippen LogP contribution in [0.5, 0.6) is 5.75 Å². The highest BCUT2D eigenvalue weighted by molar-refractivity contribution is 6.37. The van der Waals surface area contributed by atoms with E-state index in [0.717, 1.165) is 66.7 Å². The molecular formula is C38H42Cl3N5O5. The molecule has 51 heavy (non-hydrogen) atoms. The summed E-state index contributed by atoms with van der Waals surface area (Å²) in [6.07, 6.45) is 6.04. The average Bonchev–Trinajstić information content (AvgIpc) is 4.05. The van der Waals surface area contributed by atoms with E-state index < -0.39 is 12.0 Å². The van der Waals surface area contributed by atoms with Crippen LogP contribution >= 0.6 is 34.8 Å². The molecule has 7 rings (SSSR count). The standard InChI is InChI=1S/C38H42Cl3N5O5/c1-22-14-32(40)36(33(41)15-22)51-28-10-12-44(20-28)34-9-3-24(18-42-34)29-11-13-45(38(49)50)21-30(29)37(48)46(27-6-7-27)19-25-16-23(2-8-31(25)39)17-35(47)43-26-4-5-26/h2-3,8-9,14-16,18,26-30H,4-7,10-13,17,19-21H2,1H3,(H,43,47)(H,49,50)/t28-,29-,30+/m1/s1. The number of carboxylic acid groups (broad SMARTS) is 1. The third-order valence-corrected chi connectivity index (χ3v) is 11.3. The number of likely N-dealkylation sites (tertiary alicyclic amines) is 1. The van der Waals surface area contributed by atoms with Crippen molar-refractivity contribution < 1.29 is 24.2 Å². The second-order valence-corrected chi connectivity index (χ2v) is 15.6. The fourth-order valence-electron chi connectivity index (χ4n) is 7.30. The minimum absolute atomic E-state index is 0.0192. The summed E-state index contributed by atoms with van der Waals surface area (Å²) in [5.74, 6) is 0.408. The minimum Gasteiger partial charge on any atom is -0.485 e. The first kappa shape index (κ1) is 35.7. The van der Waals surface area contributed by atoms with E-state index in [1.165, 1.54) is 4.90 Å². The number of benzene rings is 2. The summed E-state index contributed by atoms with van der Waals surface area (Å²) in [7, 11) is 0. The third kappa shape index (κ3) is 8.50. The molecule has 2 N–H and O–H groups in total. The van der Waals surface area contributed by atoms with Crippen molar-refractivity contribution in [2.75, 3.05) is 31.1 Å². The number of piperidine rings is 1. The molecule has 3 heterocycles. The number of pyridine rings is 1. The van der Waals surface area contributed by atoms with Crippen molar-refractivity contribution in [1.82, 2.24) is 20.1 Å². The predicted octanol–water partition coefficient (Wildman–Crippen LogP) is 7.10. The maximum atomic E-state index is 14.5. The van der Waals surface area contributed by atoms with Crippen LogP contribution < -0.4 is 15.0 Å². The predicted molar refractivity (Wildman–Crippen MR) is 197 cm³/mol. The Balaban J connectivity index is 1.06. The summed E-state index contributed by atoms with van der Waals surface area (Å²) in [4.78, 5) is 49.3. The topological polar surface area (TPSA) is 115 Å². The molecule has 3 amide bonds. The number of halogens is 3. The Morgan fingerprint density at radius 1 is 0.941 bits per heavy atom. The van der Waals surface area contributed by atoms with E-state index in [9.17, 15) is 19.5 Å². The molecule has 13 heteroatoms. The summed E-state index contributed by atoms with van der Waals surface area (Å²) in [6, 6.07) is 13.6. The van der Waals surface area contributed by atoms with Crippen LogP contribution in [0.15, 0.2) is 48.7 Å². The Morgan fingerprint density at radius 2 is 1.71 bits per heavy atom. The molecule has 4 fully saturated rings. The molecule has 4 aliphatic rings. The minimum atomic E-state index is -1.03. The normalized spacial score (nSPS) is 21.8. The SMILES string of the molecule is Cc1cc(Cl)c(O[C@@H]2CCN(c3ccc([C@H]4CCN(C(=O)O)C[C@@H]4C(=O)N(Cc4cc(CC(=O)NC5CC5)ccc4Cl)C4CC4)cn3)C2)c(Cl)c1. The highest BCUT2D eigenvalue weighted by atomic mass is 35.5. The van der Waals surface area contributed by atoms with Gasteiger partial charge in [-0.2, -0.15) is 0 Å². The summed E-state index contributed by atoms with van der Waals surface area (Å²) in [5, 5.41) is 14.4. The average molecular weight is 755 g/mol. The number of hydrogen-bond donors (Lipinski definition) is 2. The zero-order chi connectivity index (χ0) is 35.8. The maximum Gasteiger partial charge on any atom is 0.407 e. The molecule has 2 aliphatic heterocycles. The largest absolute Gasteiger partial charge is 0.485 e. The van der Waals surface area contributed by atoms with Gasteiger partial charge in [0.15, 0.2) is 5.75 Å². The Kier molecular flexibility index (Phi) is 10.6. The summed E-state index contributed by atoms with van der Waals surface area (Å²) in [6.45, 7) is 4.04. The quantitative estimate of drug-likeness (QED) is 0.215. The van der Waals surface area contributed by atoms with Gasteiger partial charge in [-0.15, -0.1) is 0 Å². The summed E-state index contributed by atoms with van der Waals surface area (Å²) >= 11 is 19.5. The molecule has 2 saturated heterocycles.